The Morgan fingerprint density at radius 2 is 1.67 bits per heavy atom. The van der Waals surface area contributed by atoms with Crippen LogP contribution < -0.4 is 4.90 Å². The molecule has 2 aromatic rings. The fourth-order valence-corrected chi connectivity index (χ4v) is 1.47. The summed E-state index contributed by atoms with van der Waals surface area (Å²) in [5.74, 6) is 0.983. The summed E-state index contributed by atoms with van der Waals surface area (Å²) in [5.41, 5.74) is 2.43. The zero-order valence-electron chi connectivity index (χ0n) is 9.01. The number of aromatic nitrogens is 1. The zero-order valence-corrected chi connectivity index (χ0v) is 9.01. The van der Waals surface area contributed by atoms with Gasteiger partial charge in [-0.1, -0.05) is 30.3 Å². The fraction of sp³-hybridized carbons (Fsp3) is 0.154. The summed E-state index contributed by atoms with van der Waals surface area (Å²) in [7, 11) is 3.99. The molecule has 0 radical (unpaired) electrons. The summed E-state index contributed by atoms with van der Waals surface area (Å²) in [4.78, 5) is 6.30. The molecular formula is C13H14N2. The molecule has 0 fully saturated rings. The molecule has 0 aliphatic heterocycles. The Hall–Kier alpha value is -1.83. The number of hydrogen-bond donors (Lipinski definition) is 0. The lowest BCUT2D eigenvalue weighted by molar-refractivity contribution is 1.07. The van der Waals surface area contributed by atoms with Gasteiger partial charge < -0.3 is 4.90 Å². The molecule has 0 atom stereocenters. The molecule has 0 N–H and O–H groups in total. The molecule has 0 aliphatic rings. The molecule has 0 spiro atoms. The molecule has 0 amide bonds. The Balaban J connectivity index is 2.42. The van der Waals surface area contributed by atoms with Gasteiger partial charge in [0.1, 0.15) is 5.82 Å². The summed E-state index contributed by atoms with van der Waals surface area (Å²) >= 11 is 0. The van der Waals surface area contributed by atoms with Crippen LogP contribution in [0.1, 0.15) is 0 Å². The van der Waals surface area contributed by atoms with Crippen molar-refractivity contribution in [2.75, 3.05) is 19.0 Å². The lowest BCUT2D eigenvalue weighted by Gasteiger charge is -2.12. The van der Waals surface area contributed by atoms with E-state index in [1.165, 1.54) is 11.1 Å². The highest BCUT2D eigenvalue weighted by Gasteiger charge is 2.00. The first-order valence-corrected chi connectivity index (χ1v) is 4.96. The molecule has 2 heteroatoms. The minimum atomic E-state index is 0.983. The van der Waals surface area contributed by atoms with Crippen LogP contribution in [0.15, 0.2) is 48.7 Å². The van der Waals surface area contributed by atoms with Gasteiger partial charge in [-0.05, 0) is 23.3 Å². The van der Waals surface area contributed by atoms with Crippen molar-refractivity contribution >= 4 is 5.82 Å². The minimum absolute atomic E-state index is 0.983. The Morgan fingerprint density at radius 1 is 0.933 bits per heavy atom. The summed E-state index contributed by atoms with van der Waals surface area (Å²) in [6, 6.07) is 14.5. The Bertz CT molecular complexity index is 435. The van der Waals surface area contributed by atoms with Crippen LogP contribution in [0.25, 0.3) is 11.1 Å². The van der Waals surface area contributed by atoms with Crippen LogP contribution >= 0.6 is 0 Å². The van der Waals surface area contributed by atoms with Crippen molar-refractivity contribution < 1.29 is 0 Å². The molecule has 1 aromatic heterocycles. The smallest absolute Gasteiger partial charge is 0.128 e. The normalized spacial score (nSPS) is 10.0. The van der Waals surface area contributed by atoms with Crippen molar-refractivity contribution in [3.8, 4) is 11.1 Å². The third-order valence-corrected chi connectivity index (χ3v) is 2.31. The van der Waals surface area contributed by atoms with Crippen molar-refractivity contribution in [2.24, 2.45) is 0 Å². The van der Waals surface area contributed by atoms with E-state index in [0.29, 0.717) is 0 Å². The highest BCUT2D eigenvalue weighted by Crippen LogP contribution is 2.21. The van der Waals surface area contributed by atoms with Crippen LogP contribution in [-0.4, -0.2) is 19.1 Å². The van der Waals surface area contributed by atoms with E-state index in [9.17, 15) is 0 Å². The predicted molar refractivity (Wildman–Crippen MR) is 64.0 cm³/mol. The van der Waals surface area contributed by atoms with E-state index >= 15 is 0 Å². The van der Waals surface area contributed by atoms with Crippen LogP contribution in [-0.2, 0) is 0 Å². The number of pyridine rings is 1. The van der Waals surface area contributed by atoms with Gasteiger partial charge in [0.15, 0.2) is 0 Å². The van der Waals surface area contributed by atoms with Gasteiger partial charge in [0.2, 0.25) is 0 Å². The molecular weight excluding hydrogens is 184 g/mol. The molecule has 1 heterocycles. The third-order valence-electron chi connectivity index (χ3n) is 2.31. The summed E-state index contributed by atoms with van der Waals surface area (Å²) in [6.07, 6.45) is 1.84. The van der Waals surface area contributed by atoms with Crippen LogP contribution in [0.3, 0.4) is 0 Å². The van der Waals surface area contributed by atoms with Gasteiger partial charge in [-0.3, -0.25) is 0 Å². The van der Waals surface area contributed by atoms with E-state index in [-0.39, 0.29) is 0 Å². The van der Waals surface area contributed by atoms with E-state index in [4.69, 9.17) is 0 Å². The predicted octanol–water partition coefficient (Wildman–Crippen LogP) is 2.81. The summed E-state index contributed by atoms with van der Waals surface area (Å²) < 4.78 is 0. The lowest BCUT2D eigenvalue weighted by atomic mass is 10.1. The molecule has 0 saturated carbocycles. The summed E-state index contributed by atoms with van der Waals surface area (Å²) in [5, 5.41) is 0. The number of benzene rings is 1. The van der Waals surface area contributed by atoms with E-state index < -0.39 is 0 Å². The molecule has 2 rings (SSSR count). The second-order valence-electron chi connectivity index (χ2n) is 3.66. The maximum atomic E-state index is 4.29. The van der Waals surface area contributed by atoms with Crippen LogP contribution in [0.5, 0.6) is 0 Å². The van der Waals surface area contributed by atoms with Gasteiger partial charge in [0.05, 0.1) is 0 Å². The van der Waals surface area contributed by atoms with Gasteiger partial charge >= 0.3 is 0 Å². The summed E-state index contributed by atoms with van der Waals surface area (Å²) in [6.45, 7) is 0. The second-order valence-corrected chi connectivity index (χ2v) is 3.66. The first kappa shape index (κ1) is 9.71. The molecule has 2 nitrogen and oxygen atoms in total. The van der Waals surface area contributed by atoms with Crippen LogP contribution in [0, 0.1) is 0 Å². The second kappa shape index (κ2) is 4.13. The molecule has 1 aromatic carbocycles. The van der Waals surface area contributed by atoms with Crippen LogP contribution in [0.2, 0.25) is 0 Å². The molecule has 0 saturated heterocycles. The van der Waals surface area contributed by atoms with Crippen LogP contribution in [0.4, 0.5) is 5.82 Å². The average molecular weight is 198 g/mol. The lowest BCUT2D eigenvalue weighted by Crippen LogP contribution is -2.10. The number of anilines is 1. The first-order valence-electron chi connectivity index (χ1n) is 4.96. The van der Waals surface area contributed by atoms with E-state index in [2.05, 4.69) is 23.2 Å². The Labute approximate surface area is 90.2 Å². The molecule has 0 bridgehead atoms. The van der Waals surface area contributed by atoms with Gasteiger partial charge in [-0.25, -0.2) is 4.98 Å². The van der Waals surface area contributed by atoms with Crippen molar-refractivity contribution in [1.29, 1.82) is 0 Å². The van der Waals surface area contributed by atoms with E-state index in [1.807, 2.05) is 49.5 Å². The standard InChI is InChI=1S/C13H14N2/c1-15(2)13-10-12(8-9-14-13)11-6-4-3-5-7-11/h3-10H,1-2H3. The number of rotatable bonds is 2. The average Bonchev–Trinajstić information content (AvgIpc) is 2.30. The molecule has 76 valence electrons. The van der Waals surface area contributed by atoms with E-state index in [0.717, 1.165) is 5.82 Å². The fourth-order valence-electron chi connectivity index (χ4n) is 1.47. The maximum Gasteiger partial charge on any atom is 0.128 e. The largest absolute Gasteiger partial charge is 0.363 e. The van der Waals surface area contributed by atoms with Crippen molar-refractivity contribution in [2.45, 2.75) is 0 Å². The number of hydrogen-bond acceptors (Lipinski definition) is 2. The quantitative estimate of drug-likeness (QED) is 0.737. The SMILES string of the molecule is CN(C)c1cc(-c2ccccc2)ccn1. The molecule has 0 aliphatic carbocycles. The van der Waals surface area contributed by atoms with Crippen molar-refractivity contribution in [1.82, 2.24) is 4.98 Å². The highest BCUT2D eigenvalue weighted by atomic mass is 15.1. The Morgan fingerprint density at radius 3 is 2.33 bits per heavy atom. The van der Waals surface area contributed by atoms with Crippen molar-refractivity contribution in [3.05, 3.63) is 48.7 Å². The van der Waals surface area contributed by atoms with Crippen molar-refractivity contribution in [3.63, 3.8) is 0 Å². The first-order chi connectivity index (χ1) is 7.27. The minimum Gasteiger partial charge on any atom is -0.363 e. The monoisotopic (exact) mass is 198 g/mol. The van der Waals surface area contributed by atoms with Gasteiger partial charge in [0.25, 0.3) is 0 Å². The van der Waals surface area contributed by atoms with Gasteiger partial charge in [-0.15, -0.1) is 0 Å². The molecule has 15 heavy (non-hydrogen) atoms. The van der Waals surface area contributed by atoms with Gasteiger partial charge in [-0.2, -0.15) is 0 Å². The topological polar surface area (TPSA) is 16.1 Å². The zero-order chi connectivity index (χ0) is 10.7. The Kier molecular flexibility index (Phi) is 2.68. The van der Waals surface area contributed by atoms with E-state index in [1.54, 1.807) is 0 Å². The third kappa shape index (κ3) is 2.15. The highest BCUT2D eigenvalue weighted by molar-refractivity contribution is 5.66. The van der Waals surface area contributed by atoms with Gasteiger partial charge in [0, 0.05) is 20.3 Å². The molecule has 0 unspecified atom stereocenters. The maximum absolute atomic E-state index is 4.29. The number of nitrogens with zero attached hydrogens (tertiary/aromatic N) is 2.